The molecule has 0 bridgehead atoms. The number of aromatic nitrogens is 2. The second-order valence-electron chi connectivity index (χ2n) is 6.09. The summed E-state index contributed by atoms with van der Waals surface area (Å²) in [5.41, 5.74) is 4.97. The number of hydrogen-bond acceptors (Lipinski definition) is 5. The van der Waals surface area contributed by atoms with Gasteiger partial charge in [-0.05, 0) is 66.4 Å². The summed E-state index contributed by atoms with van der Waals surface area (Å²) in [4.78, 5) is 0.163. The number of aryl methyl sites for hydroxylation is 1. The molecule has 0 fully saturated rings. The number of alkyl halides is 2. The lowest BCUT2D eigenvalue weighted by Crippen LogP contribution is -2.38. The SMILES string of the molecule is CC(F)(CC1CCc2c1cc(S(=O)[O-])c1ccnnc21)C(N)Cl. The lowest BCUT2D eigenvalue weighted by atomic mass is 9.88. The van der Waals surface area contributed by atoms with Crippen LogP contribution in [-0.2, 0) is 17.5 Å². The molecule has 1 heterocycles. The monoisotopic (exact) mass is 356 g/mol. The molecule has 0 saturated carbocycles. The fourth-order valence-electron chi connectivity index (χ4n) is 3.24. The van der Waals surface area contributed by atoms with Crippen LogP contribution in [0.15, 0.2) is 23.2 Å². The molecule has 0 spiro atoms. The molecule has 4 atom stereocenters. The third kappa shape index (κ3) is 2.98. The fraction of sp³-hybridized carbons (Fsp3) is 0.467. The Labute approximate surface area is 140 Å². The topological polar surface area (TPSA) is 91.9 Å². The Hall–Kier alpha value is -1.15. The van der Waals surface area contributed by atoms with E-state index in [4.69, 9.17) is 17.3 Å². The molecule has 0 amide bonds. The van der Waals surface area contributed by atoms with Crippen molar-refractivity contribution in [1.82, 2.24) is 10.2 Å². The number of hydrogen-bond donors (Lipinski definition) is 1. The second kappa shape index (κ2) is 6.05. The highest BCUT2D eigenvalue weighted by Gasteiger charge is 2.37. The van der Waals surface area contributed by atoms with E-state index >= 15 is 0 Å². The van der Waals surface area contributed by atoms with E-state index in [2.05, 4.69) is 10.2 Å². The second-order valence-corrected chi connectivity index (χ2v) is 7.47. The molecule has 0 saturated heterocycles. The first-order chi connectivity index (χ1) is 10.8. The van der Waals surface area contributed by atoms with Gasteiger partial charge in [-0.2, -0.15) is 10.2 Å². The van der Waals surface area contributed by atoms with Crippen LogP contribution in [0.1, 0.15) is 36.8 Å². The third-order valence-electron chi connectivity index (χ3n) is 4.49. The molecular formula is C15H16ClFN3O2S-. The fourth-order valence-corrected chi connectivity index (χ4v) is 3.90. The highest BCUT2D eigenvalue weighted by molar-refractivity contribution is 7.79. The first-order valence-electron chi connectivity index (χ1n) is 7.26. The van der Waals surface area contributed by atoms with Crippen molar-refractivity contribution >= 4 is 33.6 Å². The van der Waals surface area contributed by atoms with Gasteiger partial charge in [0.25, 0.3) is 0 Å². The largest absolute Gasteiger partial charge is 0.768 e. The van der Waals surface area contributed by atoms with E-state index in [-0.39, 0.29) is 17.2 Å². The van der Waals surface area contributed by atoms with E-state index in [1.807, 2.05) is 0 Å². The van der Waals surface area contributed by atoms with Crippen molar-refractivity contribution in [3.8, 4) is 0 Å². The van der Waals surface area contributed by atoms with E-state index in [0.717, 1.165) is 11.1 Å². The molecule has 5 nitrogen and oxygen atoms in total. The summed E-state index contributed by atoms with van der Waals surface area (Å²) in [5, 5.41) is 8.49. The van der Waals surface area contributed by atoms with Gasteiger partial charge in [-0.1, -0.05) is 0 Å². The van der Waals surface area contributed by atoms with Gasteiger partial charge in [0.05, 0.1) is 11.7 Å². The average Bonchev–Trinajstić information content (AvgIpc) is 2.88. The third-order valence-corrected chi connectivity index (χ3v) is 5.64. The van der Waals surface area contributed by atoms with Gasteiger partial charge in [0, 0.05) is 10.3 Å². The van der Waals surface area contributed by atoms with Gasteiger partial charge >= 0.3 is 0 Å². The van der Waals surface area contributed by atoms with Crippen LogP contribution < -0.4 is 5.73 Å². The zero-order valence-electron chi connectivity index (χ0n) is 12.5. The maximum absolute atomic E-state index is 14.5. The van der Waals surface area contributed by atoms with Crippen molar-refractivity contribution in [2.45, 2.75) is 48.2 Å². The van der Waals surface area contributed by atoms with Crippen LogP contribution >= 0.6 is 11.6 Å². The van der Waals surface area contributed by atoms with Crippen molar-refractivity contribution < 1.29 is 13.2 Å². The number of fused-ring (bicyclic) bond motifs is 3. The number of benzene rings is 1. The Bertz CT molecular complexity index is 785. The average molecular weight is 357 g/mol. The van der Waals surface area contributed by atoms with Gasteiger partial charge in [0.2, 0.25) is 0 Å². The van der Waals surface area contributed by atoms with Crippen LogP contribution in [0.25, 0.3) is 10.9 Å². The maximum Gasteiger partial charge on any atom is 0.137 e. The van der Waals surface area contributed by atoms with Gasteiger partial charge in [0.15, 0.2) is 0 Å². The molecule has 8 heteroatoms. The van der Waals surface area contributed by atoms with E-state index in [1.54, 1.807) is 12.1 Å². The minimum Gasteiger partial charge on any atom is -0.768 e. The van der Waals surface area contributed by atoms with Crippen LogP contribution in [0.5, 0.6) is 0 Å². The normalized spacial score (nSPS) is 22.6. The van der Waals surface area contributed by atoms with Crippen molar-refractivity contribution in [3.05, 3.63) is 29.5 Å². The lowest BCUT2D eigenvalue weighted by molar-refractivity contribution is 0.156. The van der Waals surface area contributed by atoms with Crippen LogP contribution in [0.2, 0.25) is 0 Å². The lowest BCUT2D eigenvalue weighted by Gasteiger charge is -2.27. The van der Waals surface area contributed by atoms with Crippen LogP contribution in [0, 0.1) is 0 Å². The first kappa shape index (κ1) is 16.7. The summed E-state index contributed by atoms with van der Waals surface area (Å²) in [6, 6.07) is 3.25. The van der Waals surface area contributed by atoms with Gasteiger partial charge in [-0.15, -0.1) is 11.6 Å². The summed E-state index contributed by atoms with van der Waals surface area (Å²) < 4.78 is 37.6. The Balaban J connectivity index is 2.11. The zero-order chi connectivity index (χ0) is 16.8. The van der Waals surface area contributed by atoms with Gasteiger partial charge in [-0.25, -0.2) is 4.39 Å². The summed E-state index contributed by atoms with van der Waals surface area (Å²) in [6.45, 7) is 1.37. The summed E-state index contributed by atoms with van der Waals surface area (Å²) in [5.74, 6) is -0.140. The molecular weight excluding hydrogens is 341 g/mol. The van der Waals surface area contributed by atoms with E-state index in [9.17, 15) is 13.2 Å². The molecule has 1 aromatic heterocycles. The molecule has 3 rings (SSSR count). The van der Waals surface area contributed by atoms with Crippen molar-refractivity contribution in [3.63, 3.8) is 0 Å². The molecule has 1 aliphatic rings. The first-order valence-corrected chi connectivity index (χ1v) is 8.77. The molecule has 23 heavy (non-hydrogen) atoms. The molecule has 124 valence electrons. The Morgan fingerprint density at radius 2 is 2.39 bits per heavy atom. The predicted molar refractivity (Wildman–Crippen MR) is 85.7 cm³/mol. The number of nitrogens with zero attached hydrogens (tertiary/aromatic N) is 2. The summed E-state index contributed by atoms with van der Waals surface area (Å²) in [6.07, 6.45) is 3.01. The standard InChI is InChI=1S/C15H17ClFN3O2S/c1-15(17,14(16)18)7-8-2-3-9-11(8)6-12(23(21)22)10-4-5-19-20-13(9)10/h4-6,8,14H,2-3,7,18H2,1H3,(H,21,22)/p-1. The number of nitrogens with two attached hydrogens (primary N) is 1. The number of rotatable bonds is 4. The minimum atomic E-state index is -2.41. The molecule has 4 unspecified atom stereocenters. The van der Waals surface area contributed by atoms with Gasteiger partial charge < -0.3 is 10.3 Å². The van der Waals surface area contributed by atoms with Gasteiger partial charge in [0.1, 0.15) is 11.2 Å². The predicted octanol–water partition coefficient (Wildman–Crippen LogP) is 2.54. The summed E-state index contributed by atoms with van der Waals surface area (Å²) in [7, 11) is 0. The van der Waals surface area contributed by atoms with Crippen LogP contribution in [-0.4, -0.2) is 30.1 Å². The van der Waals surface area contributed by atoms with Crippen molar-refractivity contribution in [2.75, 3.05) is 0 Å². The molecule has 0 radical (unpaired) electrons. The van der Waals surface area contributed by atoms with Crippen LogP contribution in [0.3, 0.4) is 0 Å². The van der Waals surface area contributed by atoms with E-state index in [0.29, 0.717) is 23.7 Å². The molecule has 1 aliphatic carbocycles. The highest BCUT2D eigenvalue weighted by atomic mass is 35.5. The minimum absolute atomic E-state index is 0.140. The Kier molecular flexibility index (Phi) is 4.39. The molecule has 2 N–H and O–H groups in total. The molecule has 2 aromatic rings. The quantitative estimate of drug-likeness (QED) is 0.516. The van der Waals surface area contributed by atoms with Crippen LogP contribution in [0.4, 0.5) is 4.39 Å². The van der Waals surface area contributed by atoms with E-state index < -0.39 is 22.3 Å². The Morgan fingerprint density at radius 1 is 1.65 bits per heavy atom. The number of halogens is 2. The Morgan fingerprint density at radius 3 is 3.04 bits per heavy atom. The van der Waals surface area contributed by atoms with Crippen molar-refractivity contribution in [2.24, 2.45) is 5.73 Å². The smallest absolute Gasteiger partial charge is 0.137 e. The molecule has 1 aromatic carbocycles. The highest BCUT2D eigenvalue weighted by Crippen LogP contribution is 2.44. The zero-order valence-corrected chi connectivity index (χ0v) is 14.0. The summed E-state index contributed by atoms with van der Waals surface area (Å²) >= 11 is 3.33. The molecule has 0 aliphatic heterocycles. The van der Waals surface area contributed by atoms with Crippen molar-refractivity contribution in [1.29, 1.82) is 0 Å². The van der Waals surface area contributed by atoms with Gasteiger partial charge in [-0.3, -0.25) is 4.21 Å². The van der Waals surface area contributed by atoms with E-state index in [1.165, 1.54) is 13.1 Å². The maximum atomic E-state index is 14.5.